The van der Waals surface area contributed by atoms with E-state index in [2.05, 4.69) is 5.32 Å². The van der Waals surface area contributed by atoms with Gasteiger partial charge in [0, 0.05) is 18.8 Å². The van der Waals surface area contributed by atoms with Gasteiger partial charge in [-0.2, -0.15) is 13.2 Å². The summed E-state index contributed by atoms with van der Waals surface area (Å²) in [4.78, 5) is 13.0. The molecule has 0 saturated carbocycles. The van der Waals surface area contributed by atoms with Crippen molar-refractivity contribution in [3.8, 4) is 0 Å². The monoisotopic (exact) mass is 388 g/mol. The number of alkyl halides is 3. The second-order valence-corrected chi connectivity index (χ2v) is 9.72. The number of nitrogens with one attached hydrogen (secondary N) is 1. The molecule has 0 bridgehead atoms. The van der Waals surface area contributed by atoms with Crippen LogP contribution in [0, 0.1) is 0 Å². The lowest BCUT2D eigenvalue weighted by Gasteiger charge is -2.40. The largest absolute Gasteiger partial charge is 0.444 e. The van der Waals surface area contributed by atoms with Crippen molar-refractivity contribution >= 4 is 15.9 Å². The fraction of sp³-hybridized carbons (Fsp3) is 0.933. The molecule has 0 aromatic heterocycles. The molecule has 1 rings (SSSR count). The molecule has 1 aliphatic rings. The van der Waals surface area contributed by atoms with E-state index in [1.165, 1.54) is 4.90 Å². The van der Waals surface area contributed by atoms with Crippen LogP contribution in [0.25, 0.3) is 0 Å². The Morgan fingerprint density at radius 3 is 2.32 bits per heavy atom. The minimum atomic E-state index is -4.39. The van der Waals surface area contributed by atoms with E-state index in [-0.39, 0.29) is 38.1 Å². The molecule has 0 unspecified atom stereocenters. The highest BCUT2D eigenvalue weighted by Crippen LogP contribution is 2.32. The third-order valence-corrected chi connectivity index (χ3v) is 4.77. The maximum absolute atomic E-state index is 13.2. The van der Waals surface area contributed by atoms with Crippen LogP contribution in [0.5, 0.6) is 0 Å². The molecule has 2 atom stereocenters. The summed E-state index contributed by atoms with van der Waals surface area (Å²) in [6, 6.07) is -2.09. The molecule has 0 aromatic rings. The van der Waals surface area contributed by atoms with Gasteiger partial charge in [0.1, 0.15) is 21.5 Å². The number of hydrogen-bond acceptors (Lipinski definition) is 5. The van der Waals surface area contributed by atoms with Crippen molar-refractivity contribution in [3.05, 3.63) is 0 Å². The molecule has 25 heavy (non-hydrogen) atoms. The predicted molar refractivity (Wildman–Crippen MR) is 88.1 cm³/mol. The Bertz CT molecular complexity index is 558. The minimum absolute atomic E-state index is 0.00372. The summed E-state index contributed by atoms with van der Waals surface area (Å²) in [6.07, 6.45) is -3.85. The molecule has 0 spiro atoms. The summed E-state index contributed by atoms with van der Waals surface area (Å²) in [6.45, 7) is 5.11. The van der Waals surface area contributed by atoms with Crippen molar-refractivity contribution in [1.29, 1.82) is 0 Å². The Morgan fingerprint density at radius 2 is 1.84 bits per heavy atom. The van der Waals surface area contributed by atoms with E-state index in [0.717, 1.165) is 6.26 Å². The topological polar surface area (TPSA) is 75.7 Å². The standard InChI is InChI=1S/C15H27F3N2O4S/c1-14(2,3)24-13(21)19-11-6-7-12(15(16,17)18)20(10-11)8-5-9-25(4,22)23/h11-12H,5-10H2,1-4H3,(H,19,21)/t11-,12-/m1/s1. The number of carbonyl (C=O) groups is 1. The molecule has 1 saturated heterocycles. The summed E-state index contributed by atoms with van der Waals surface area (Å²) in [5.74, 6) is -0.168. The summed E-state index contributed by atoms with van der Waals surface area (Å²) in [5, 5.41) is 2.60. The first-order chi connectivity index (χ1) is 11.2. The normalized spacial score (nSPS) is 23.3. The number of nitrogens with zero attached hydrogens (tertiary/aromatic N) is 1. The van der Waals surface area contributed by atoms with Crippen LogP contribution in [-0.4, -0.2) is 68.4 Å². The number of likely N-dealkylation sites (tertiary alicyclic amines) is 1. The van der Waals surface area contributed by atoms with E-state index in [4.69, 9.17) is 4.74 Å². The van der Waals surface area contributed by atoms with Gasteiger partial charge in [0.05, 0.1) is 5.75 Å². The first kappa shape index (κ1) is 22.0. The zero-order valence-corrected chi connectivity index (χ0v) is 15.8. The van der Waals surface area contributed by atoms with E-state index >= 15 is 0 Å². The van der Waals surface area contributed by atoms with Crippen LogP contribution in [0.1, 0.15) is 40.0 Å². The van der Waals surface area contributed by atoms with Gasteiger partial charge in [0.25, 0.3) is 0 Å². The lowest BCUT2D eigenvalue weighted by atomic mass is 9.97. The number of amides is 1. The molecule has 10 heteroatoms. The number of halogens is 3. The van der Waals surface area contributed by atoms with Crippen LogP contribution >= 0.6 is 0 Å². The Hall–Kier alpha value is -1.03. The van der Waals surface area contributed by atoms with E-state index in [1.54, 1.807) is 20.8 Å². The average Bonchev–Trinajstić information content (AvgIpc) is 2.33. The molecule has 0 aromatic carbocycles. The fourth-order valence-corrected chi connectivity index (χ4v) is 3.44. The molecular weight excluding hydrogens is 361 g/mol. The van der Waals surface area contributed by atoms with E-state index in [1.807, 2.05) is 0 Å². The number of piperidine rings is 1. The first-order valence-corrected chi connectivity index (χ1v) is 10.2. The number of alkyl carbamates (subject to hydrolysis) is 1. The Kier molecular flexibility index (Phi) is 7.14. The average molecular weight is 388 g/mol. The van der Waals surface area contributed by atoms with E-state index in [9.17, 15) is 26.4 Å². The fourth-order valence-electron chi connectivity index (χ4n) is 2.78. The highest BCUT2D eigenvalue weighted by Gasteiger charge is 2.46. The quantitative estimate of drug-likeness (QED) is 0.782. The lowest BCUT2D eigenvalue weighted by molar-refractivity contribution is -0.192. The zero-order valence-electron chi connectivity index (χ0n) is 15.0. The van der Waals surface area contributed by atoms with E-state index in [0.29, 0.717) is 0 Å². The summed E-state index contributed by atoms with van der Waals surface area (Å²) in [7, 11) is -3.23. The number of hydrogen-bond donors (Lipinski definition) is 1. The summed E-state index contributed by atoms with van der Waals surface area (Å²) in [5.41, 5.74) is -0.692. The number of ether oxygens (including phenoxy) is 1. The number of sulfone groups is 1. The Balaban J connectivity index is 2.68. The Morgan fingerprint density at radius 1 is 1.24 bits per heavy atom. The molecule has 1 amide bonds. The highest BCUT2D eigenvalue weighted by atomic mass is 32.2. The van der Waals surface area contributed by atoms with Crippen molar-refractivity contribution in [3.63, 3.8) is 0 Å². The lowest BCUT2D eigenvalue weighted by Crippen LogP contribution is -2.57. The maximum Gasteiger partial charge on any atom is 0.407 e. The van der Waals surface area contributed by atoms with Gasteiger partial charge in [-0.3, -0.25) is 4.90 Å². The molecule has 1 heterocycles. The van der Waals surface area contributed by atoms with Crippen molar-refractivity contribution in [2.24, 2.45) is 0 Å². The second-order valence-electron chi connectivity index (χ2n) is 7.46. The summed E-state index contributed by atoms with van der Waals surface area (Å²) >= 11 is 0. The molecule has 6 nitrogen and oxygen atoms in total. The van der Waals surface area contributed by atoms with Gasteiger partial charge in [-0.25, -0.2) is 13.2 Å². The van der Waals surface area contributed by atoms with Crippen LogP contribution in [0.2, 0.25) is 0 Å². The van der Waals surface area contributed by atoms with Gasteiger partial charge in [-0.05, 0) is 46.6 Å². The Labute approximate surface area is 147 Å². The molecule has 1 aliphatic heterocycles. The van der Waals surface area contributed by atoms with Gasteiger partial charge >= 0.3 is 12.3 Å². The first-order valence-electron chi connectivity index (χ1n) is 8.15. The van der Waals surface area contributed by atoms with Gasteiger partial charge in [0.2, 0.25) is 0 Å². The van der Waals surface area contributed by atoms with Crippen molar-refractivity contribution in [1.82, 2.24) is 10.2 Å². The third kappa shape index (κ3) is 8.75. The van der Waals surface area contributed by atoms with Gasteiger partial charge in [-0.15, -0.1) is 0 Å². The maximum atomic E-state index is 13.2. The van der Waals surface area contributed by atoms with Crippen LogP contribution in [-0.2, 0) is 14.6 Å². The molecule has 148 valence electrons. The van der Waals surface area contributed by atoms with Crippen molar-refractivity contribution < 1.29 is 31.1 Å². The summed E-state index contributed by atoms with van der Waals surface area (Å²) < 4.78 is 67.1. The van der Waals surface area contributed by atoms with Crippen molar-refractivity contribution in [2.45, 2.75) is 63.9 Å². The molecule has 0 radical (unpaired) electrons. The number of carbonyl (C=O) groups excluding carboxylic acids is 1. The van der Waals surface area contributed by atoms with E-state index < -0.39 is 39.8 Å². The van der Waals surface area contributed by atoms with Gasteiger partial charge < -0.3 is 10.1 Å². The van der Waals surface area contributed by atoms with Crippen LogP contribution in [0.3, 0.4) is 0 Å². The molecule has 0 aliphatic carbocycles. The van der Waals surface area contributed by atoms with Gasteiger partial charge in [-0.1, -0.05) is 0 Å². The molecule has 1 N–H and O–H groups in total. The van der Waals surface area contributed by atoms with Crippen molar-refractivity contribution in [2.75, 3.05) is 25.1 Å². The van der Waals surface area contributed by atoms with Crippen LogP contribution < -0.4 is 5.32 Å². The van der Waals surface area contributed by atoms with Crippen LogP contribution in [0.4, 0.5) is 18.0 Å². The minimum Gasteiger partial charge on any atom is -0.444 e. The smallest absolute Gasteiger partial charge is 0.407 e. The predicted octanol–water partition coefficient (Wildman–Crippen LogP) is 2.34. The zero-order chi connectivity index (χ0) is 19.5. The number of rotatable bonds is 5. The highest BCUT2D eigenvalue weighted by molar-refractivity contribution is 7.90. The SMILES string of the molecule is CC(C)(C)OC(=O)N[C@@H]1CC[C@H](C(F)(F)F)N(CCCS(C)(=O)=O)C1. The molecule has 1 fully saturated rings. The molecular formula is C15H27F3N2O4S. The van der Waals surface area contributed by atoms with Gasteiger partial charge in [0.15, 0.2) is 0 Å². The third-order valence-electron chi connectivity index (χ3n) is 3.74. The van der Waals surface area contributed by atoms with Crippen LogP contribution in [0.15, 0.2) is 0 Å². The second kappa shape index (κ2) is 8.11.